The van der Waals surface area contributed by atoms with Crippen LogP contribution < -0.4 is 0 Å². The summed E-state index contributed by atoms with van der Waals surface area (Å²) in [6.07, 6.45) is 0. The molecule has 0 N–H and O–H groups in total. The van der Waals surface area contributed by atoms with Crippen molar-refractivity contribution in [2.45, 2.75) is 52.4 Å². The Balaban J connectivity index is 3.41. The van der Waals surface area contributed by atoms with Gasteiger partial charge in [0.15, 0.2) is 0 Å². The molecule has 0 atom stereocenters. The number of aromatic nitrogens is 1. The van der Waals surface area contributed by atoms with Crippen LogP contribution in [0.3, 0.4) is 0 Å². The summed E-state index contributed by atoms with van der Waals surface area (Å²) in [4.78, 5) is 0. The molecule has 0 radical (unpaired) electrons. The Morgan fingerprint density at radius 2 is 1.19 bits per heavy atom. The number of halogens is 2. The average molecular weight is 340 g/mol. The summed E-state index contributed by atoms with van der Waals surface area (Å²) in [5, 5.41) is 0. The molecule has 16 heavy (non-hydrogen) atoms. The Labute approximate surface area is 114 Å². The predicted octanol–water partition coefficient (Wildman–Crippen LogP) is 4.77. The molecule has 0 bridgehead atoms. The number of hydrogen-bond acceptors (Lipinski definition) is 0. The van der Waals surface area contributed by atoms with Crippen LogP contribution in [-0.2, 0) is 30.5 Å². The standard InChI is InChI=1S/C12H20N.2ClH.Zr/c1-11(2,3)9-7-8-10(13-9)12(4,5)6;;;/h7-8H,1-6H3;2*1H;/q-1;;;+3/p-2. The van der Waals surface area contributed by atoms with E-state index in [1.54, 1.807) is 0 Å². The van der Waals surface area contributed by atoms with Crippen molar-refractivity contribution in [3.05, 3.63) is 23.5 Å². The Kier molecular flexibility index (Phi) is 4.43. The number of rotatable bonds is 1. The van der Waals surface area contributed by atoms with E-state index >= 15 is 0 Å². The van der Waals surface area contributed by atoms with Crippen molar-refractivity contribution in [1.29, 1.82) is 0 Å². The summed E-state index contributed by atoms with van der Waals surface area (Å²) >= 11 is -2.47. The van der Waals surface area contributed by atoms with Crippen LogP contribution in [0, 0.1) is 0 Å². The van der Waals surface area contributed by atoms with Gasteiger partial charge in [-0.1, -0.05) is 0 Å². The molecule has 0 spiro atoms. The zero-order valence-corrected chi connectivity index (χ0v) is 14.8. The molecule has 1 aromatic rings. The molecule has 1 nitrogen and oxygen atoms in total. The summed E-state index contributed by atoms with van der Waals surface area (Å²) < 4.78 is 2.23. The summed E-state index contributed by atoms with van der Waals surface area (Å²) in [7, 11) is 12.6. The molecule has 1 rings (SSSR count). The van der Waals surface area contributed by atoms with E-state index in [9.17, 15) is 0 Å². The van der Waals surface area contributed by atoms with Crippen molar-refractivity contribution < 1.29 is 19.7 Å². The maximum absolute atomic E-state index is 6.29. The summed E-state index contributed by atoms with van der Waals surface area (Å²) in [5.74, 6) is 0. The molecule has 1 heterocycles. The van der Waals surface area contributed by atoms with E-state index in [2.05, 4.69) is 56.2 Å². The minimum absolute atomic E-state index is 0.0963. The van der Waals surface area contributed by atoms with Crippen LogP contribution in [0.15, 0.2) is 12.1 Å². The van der Waals surface area contributed by atoms with Crippen molar-refractivity contribution >= 4 is 17.0 Å². The van der Waals surface area contributed by atoms with E-state index < -0.39 is 19.7 Å². The SMILES string of the molecule is CC(C)(C)c1ccc(C(C)(C)C)[n]1[Zr]([Cl])[Cl]. The quantitative estimate of drug-likeness (QED) is 0.694. The van der Waals surface area contributed by atoms with E-state index in [0.717, 1.165) is 0 Å². The normalized spacial score (nSPS) is 13.0. The first-order chi connectivity index (χ1) is 7.05. The molecule has 0 aromatic carbocycles. The molecule has 0 amide bonds. The molecule has 0 fully saturated rings. The summed E-state index contributed by atoms with van der Waals surface area (Å²) in [6.45, 7) is 13.2. The topological polar surface area (TPSA) is 4.93 Å². The van der Waals surface area contributed by atoms with Crippen molar-refractivity contribution in [1.82, 2.24) is 2.51 Å². The molecule has 0 aliphatic carbocycles. The third-order valence-corrected chi connectivity index (χ3v) is 6.60. The van der Waals surface area contributed by atoms with Gasteiger partial charge >= 0.3 is 115 Å². The van der Waals surface area contributed by atoms with Gasteiger partial charge in [-0.05, 0) is 0 Å². The van der Waals surface area contributed by atoms with E-state index in [4.69, 9.17) is 17.0 Å². The van der Waals surface area contributed by atoms with Crippen molar-refractivity contribution in [2.75, 3.05) is 0 Å². The van der Waals surface area contributed by atoms with Crippen LogP contribution in [0.4, 0.5) is 0 Å². The molecular formula is C12H20Cl2NZr. The second-order valence-electron chi connectivity index (χ2n) is 6.18. The van der Waals surface area contributed by atoms with Crippen LogP contribution in [0.2, 0.25) is 0 Å². The first kappa shape index (κ1) is 14.8. The van der Waals surface area contributed by atoms with E-state index in [1.807, 2.05) is 0 Å². The van der Waals surface area contributed by atoms with Gasteiger partial charge in [-0.2, -0.15) is 0 Å². The molecule has 0 aliphatic rings. The van der Waals surface area contributed by atoms with E-state index in [-0.39, 0.29) is 10.8 Å². The third-order valence-electron chi connectivity index (χ3n) is 2.59. The van der Waals surface area contributed by atoms with Crippen molar-refractivity contribution in [3.63, 3.8) is 0 Å². The van der Waals surface area contributed by atoms with Crippen molar-refractivity contribution in [3.8, 4) is 0 Å². The molecule has 0 aliphatic heterocycles. The molecule has 0 saturated heterocycles. The van der Waals surface area contributed by atoms with Gasteiger partial charge in [0.1, 0.15) is 0 Å². The number of nitrogens with zero attached hydrogens (tertiary/aromatic N) is 1. The van der Waals surface area contributed by atoms with Gasteiger partial charge in [0.25, 0.3) is 0 Å². The van der Waals surface area contributed by atoms with Gasteiger partial charge in [-0.15, -0.1) is 0 Å². The molecule has 4 heteroatoms. The molecular weight excluding hydrogens is 320 g/mol. The fraction of sp³-hybridized carbons (Fsp3) is 0.667. The van der Waals surface area contributed by atoms with Crippen molar-refractivity contribution in [2.24, 2.45) is 0 Å². The van der Waals surface area contributed by atoms with Crippen LogP contribution in [0.1, 0.15) is 52.9 Å². The summed E-state index contributed by atoms with van der Waals surface area (Å²) in [6, 6.07) is 4.35. The van der Waals surface area contributed by atoms with E-state index in [1.165, 1.54) is 11.4 Å². The molecule has 0 unspecified atom stereocenters. The molecule has 0 saturated carbocycles. The van der Waals surface area contributed by atoms with Gasteiger partial charge < -0.3 is 0 Å². The fourth-order valence-electron chi connectivity index (χ4n) is 1.79. The Hall–Kier alpha value is 0.743. The first-order valence-corrected chi connectivity index (χ1v) is 12.9. The van der Waals surface area contributed by atoms with Gasteiger partial charge in [0.2, 0.25) is 0 Å². The van der Waals surface area contributed by atoms with Crippen LogP contribution in [0.25, 0.3) is 0 Å². The van der Waals surface area contributed by atoms with Gasteiger partial charge in [0.05, 0.1) is 0 Å². The van der Waals surface area contributed by atoms with Crippen LogP contribution >= 0.6 is 17.0 Å². The van der Waals surface area contributed by atoms with Gasteiger partial charge in [-0.3, -0.25) is 0 Å². The third kappa shape index (κ3) is 3.15. The Morgan fingerprint density at radius 1 is 0.875 bits per heavy atom. The maximum atomic E-state index is 6.29. The zero-order chi connectivity index (χ0) is 12.7. The predicted molar refractivity (Wildman–Crippen MR) is 68.9 cm³/mol. The monoisotopic (exact) mass is 338 g/mol. The Morgan fingerprint density at radius 3 is 1.38 bits per heavy atom. The van der Waals surface area contributed by atoms with Gasteiger partial charge in [0, 0.05) is 0 Å². The number of hydrogen-bond donors (Lipinski definition) is 0. The Bertz CT molecular complexity index is 338. The minimum atomic E-state index is -2.47. The fourth-order valence-corrected chi connectivity index (χ4v) is 6.85. The van der Waals surface area contributed by atoms with E-state index in [0.29, 0.717) is 0 Å². The second kappa shape index (κ2) is 4.78. The zero-order valence-electron chi connectivity index (χ0n) is 10.9. The average Bonchev–Trinajstić information content (AvgIpc) is 2.43. The van der Waals surface area contributed by atoms with Crippen LogP contribution in [-0.4, -0.2) is 2.51 Å². The molecule has 1 aromatic heterocycles. The first-order valence-electron chi connectivity index (χ1n) is 5.46. The second-order valence-corrected chi connectivity index (χ2v) is 13.8. The van der Waals surface area contributed by atoms with Gasteiger partial charge in [-0.25, -0.2) is 0 Å². The summed E-state index contributed by atoms with van der Waals surface area (Å²) in [5.41, 5.74) is 2.71. The van der Waals surface area contributed by atoms with Crippen LogP contribution in [0.5, 0.6) is 0 Å². The molecule has 91 valence electrons.